The van der Waals surface area contributed by atoms with Crippen molar-refractivity contribution in [3.05, 3.63) is 94.6 Å². The number of para-hydroxylation sites is 1. The van der Waals surface area contributed by atoms with Gasteiger partial charge in [0, 0.05) is 49.2 Å². The minimum Gasteiger partial charge on any atom is -0.459 e. The number of piperidine rings is 1. The molecule has 0 saturated carbocycles. The van der Waals surface area contributed by atoms with Crippen molar-refractivity contribution >= 4 is 22.7 Å². The second-order valence-corrected chi connectivity index (χ2v) is 10.9. The molecule has 0 unspecified atom stereocenters. The van der Waals surface area contributed by atoms with Crippen LogP contribution in [0.5, 0.6) is 0 Å². The lowest BCUT2D eigenvalue weighted by atomic mass is 9.84. The molecule has 4 aromatic rings. The Morgan fingerprint density at radius 1 is 0.821 bits per heavy atom. The second-order valence-electron chi connectivity index (χ2n) is 10.9. The number of rotatable bonds is 5. The Labute approximate surface area is 229 Å². The van der Waals surface area contributed by atoms with Crippen LogP contribution >= 0.6 is 0 Å². The number of amides is 2. The van der Waals surface area contributed by atoms with E-state index in [0.29, 0.717) is 43.6 Å². The van der Waals surface area contributed by atoms with E-state index in [9.17, 15) is 9.59 Å². The number of nitrogens with one attached hydrogen (secondary N) is 1. The molecule has 0 bridgehead atoms. The van der Waals surface area contributed by atoms with Gasteiger partial charge in [0.15, 0.2) is 5.76 Å². The van der Waals surface area contributed by atoms with Crippen LogP contribution in [0.2, 0.25) is 0 Å². The van der Waals surface area contributed by atoms with E-state index in [0.717, 1.165) is 48.9 Å². The highest BCUT2D eigenvalue weighted by atomic mass is 16.3. The number of fused-ring (bicyclic) bond motifs is 1. The van der Waals surface area contributed by atoms with E-state index >= 15 is 0 Å². The van der Waals surface area contributed by atoms with Crippen LogP contribution in [0, 0.1) is 13.8 Å². The molecule has 2 aliphatic heterocycles. The van der Waals surface area contributed by atoms with E-state index in [-0.39, 0.29) is 11.8 Å². The molecule has 0 spiro atoms. The Hall–Kier alpha value is -3.84. The van der Waals surface area contributed by atoms with E-state index < -0.39 is 0 Å². The van der Waals surface area contributed by atoms with Crippen molar-refractivity contribution in [1.82, 2.24) is 19.7 Å². The predicted molar refractivity (Wildman–Crippen MR) is 152 cm³/mol. The number of carbonyl (C=O) groups is 2. The van der Waals surface area contributed by atoms with Gasteiger partial charge in [0.2, 0.25) is 0 Å². The summed E-state index contributed by atoms with van der Waals surface area (Å²) >= 11 is 0. The first-order chi connectivity index (χ1) is 19.0. The van der Waals surface area contributed by atoms with Gasteiger partial charge in [-0.3, -0.25) is 14.5 Å². The number of hydrogen-bond donors (Lipinski definition) is 1. The number of nitrogens with zero attached hydrogens (tertiary/aromatic N) is 3. The zero-order valence-electron chi connectivity index (χ0n) is 22.8. The first-order valence-electron chi connectivity index (χ1n) is 14.0. The number of carbonyl (C=O) groups excluding carboxylic acids is 2. The molecule has 7 nitrogen and oxygen atoms in total. The summed E-state index contributed by atoms with van der Waals surface area (Å²) in [7, 11) is 0. The number of H-pyrrole nitrogens is 1. The van der Waals surface area contributed by atoms with Crippen LogP contribution in [0.1, 0.15) is 62.1 Å². The molecule has 2 aliphatic rings. The van der Waals surface area contributed by atoms with Crippen molar-refractivity contribution in [2.24, 2.45) is 0 Å². The van der Waals surface area contributed by atoms with Crippen molar-refractivity contribution < 1.29 is 14.0 Å². The van der Waals surface area contributed by atoms with Gasteiger partial charge in [0.05, 0.1) is 6.26 Å². The van der Waals surface area contributed by atoms with Gasteiger partial charge >= 0.3 is 0 Å². The number of aryl methyl sites for hydroxylation is 2. The van der Waals surface area contributed by atoms with Crippen LogP contribution in [0.15, 0.2) is 65.3 Å². The molecular formula is C32H36N4O3. The van der Waals surface area contributed by atoms with E-state index in [1.54, 1.807) is 17.0 Å². The summed E-state index contributed by atoms with van der Waals surface area (Å²) < 4.78 is 5.28. The summed E-state index contributed by atoms with van der Waals surface area (Å²) in [5.41, 5.74) is 7.06. The van der Waals surface area contributed by atoms with Crippen molar-refractivity contribution in [3.63, 3.8) is 0 Å². The molecule has 2 amide bonds. The molecule has 0 aliphatic carbocycles. The van der Waals surface area contributed by atoms with E-state index in [2.05, 4.69) is 48.0 Å². The Balaban J connectivity index is 1.16. The average molecular weight is 525 g/mol. The molecule has 39 heavy (non-hydrogen) atoms. The van der Waals surface area contributed by atoms with Crippen LogP contribution < -0.4 is 0 Å². The SMILES string of the molecule is Cc1cccc(C)c1C1CCN(Cc2c(C(=O)N3CCN(C(=O)c4ccco4)CC3)[nH]c3ccccc23)CC1. The maximum absolute atomic E-state index is 13.8. The molecule has 2 aromatic carbocycles. The number of aromatic nitrogens is 1. The zero-order chi connectivity index (χ0) is 26.9. The predicted octanol–water partition coefficient (Wildman–Crippen LogP) is 5.36. The summed E-state index contributed by atoms with van der Waals surface area (Å²) in [6, 6.07) is 18.2. The largest absolute Gasteiger partial charge is 0.459 e. The van der Waals surface area contributed by atoms with Gasteiger partial charge in [0.1, 0.15) is 5.69 Å². The Bertz CT molecular complexity index is 1450. The van der Waals surface area contributed by atoms with Crippen LogP contribution in [0.3, 0.4) is 0 Å². The van der Waals surface area contributed by atoms with Gasteiger partial charge in [-0.15, -0.1) is 0 Å². The average Bonchev–Trinajstić information content (AvgIpc) is 3.62. The molecular weight excluding hydrogens is 488 g/mol. The third kappa shape index (κ3) is 4.99. The summed E-state index contributed by atoms with van der Waals surface area (Å²) in [5, 5.41) is 1.12. The third-order valence-electron chi connectivity index (χ3n) is 8.53. The first kappa shape index (κ1) is 25.4. The van der Waals surface area contributed by atoms with Gasteiger partial charge in [0.25, 0.3) is 11.8 Å². The Kier molecular flexibility index (Phi) is 7.00. The number of piperazine rings is 1. The lowest BCUT2D eigenvalue weighted by Crippen LogP contribution is -2.50. The molecule has 4 heterocycles. The fraction of sp³-hybridized carbons (Fsp3) is 0.375. The van der Waals surface area contributed by atoms with Crippen LogP contribution in [-0.4, -0.2) is 70.8 Å². The van der Waals surface area contributed by atoms with Gasteiger partial charge in [-0.2, -0.15) is 0 Å². The number of furan rings is 1. The second kappa shape index (κ2) is 10.7. The topological polar surface area (TPSA) is 72.8 Å². The Morgan fingerprint density at radius 2 is 1.49 bits per heavy atom. The monoisotopic (exact) mass is 524 g/mol. The van der Waals surface area contributed by atoms with Gasteiger partial charge in [-0.1, -0.05) is 36.4 Å². The van der Waals surface area contributed by atoms with Gasteiger partial charge in [-0.25, -0.2) is 0 Å². The minimum absolute atomic E-state index is 0.0109. The van der Waals surface area contributed by atoms with Gasteiger partial charge < -0.3 is 19.2 Å². The molecule has 7 heteroatoms. The normalized spacial score (nSPS) is 17.2. The summed E-state index contributed by atoms with van der Waals surface area (Å²) in [4.78, 5) is 36.0. The molecule has 0 radical (unpaired) electrons. The number of benzene rings is 2. The minimum atomic E-state index is -0.123. The summed E-state index contributed by atoms with van der Waals surface area (Å²) in [5.74, 6) is 0.820. The van der Waals surface area contributed by atoms with Crippen molar-refractivity contribution in [2.45, 2.75) is 39.2 Å². The van der Waals surface area contributed by atoms with E-state index in [1.807, 2.05) is 23.1 Å². The smallest absolute Gasteiger partial charge is 0.289 e. The first-order valence-corrected chi connectivity index (χ1v) is 14.0. The van der Waals surface area contributed by atoms with E-state index in [1.165, 1.54) is 23.0 Å². The zero-order valence-corrected chi connectivity index (χ0v) is 22.8. The van der Waals surface area contributed by atoms with Crippen molar-refractivity contribution in [2.75, 3.05) is 39.3 Å². The standard InChI is InChI=1S/C32H36N4O3/c1-22-7-5-8-23(2)29(22)24-12-14-34(15-13-24)21-26-25-9-3-4-10-27(25)33-30(26)32(38)36-18-16-35(17-19-36)31(37)28-11-6-20-39-28/h3-11,20,24,33H,12-19,21H2,1-2H3. The molecule has 2 saturated heterocycles. The lowest BCUT2D eigenvalue weighted by Gasteiger charge is -2.35. The molecule has 0 atom stereocenters. The summed E-state index contributed by atoms with van der Waals surface area (Å²) in [6.07, 6.45) is 3.77. The van der Waals surface area contributed by atoms with Crippen molar-refractivity contribution in [1.29, 1.82) is 0 Å². The maximum Gasteiger partial charge on any atom is 0.289 e. The maximum atomic E-state index is 13.8. The van der Waals surface area contributed by atoms with Crippen LogP contribution in [0.25, 0.3) is 10.9 Å². The number of likely N-dealkylation sites (tertiary alicyclic amines) is 1. The van der Waals surface area contributed by atoms with Crippen LogP contribution in [-0.2, 0) is 6.54 Å². The van der Waals surface area contributed by atoms with Crippen LogP contribution in [0.4, 0.5) is 0 Å². The fourth-order valence-electron chi connectivity index (χ4n) is 6.45. The molecule has 202 valence electrons. The third-order valence-corrected chi connectivity index (χ3v) is 8.53. The summed E-state index contributed by atoms with van der Waals surface area (Å²) in [6.45, 7) is 9.22. The van der Waals surface area contributed by atoms with E-state index in [4.69, 9.17) is 4.42 Å². The molecule has 1 N–H and O–H groups in total. The molecule has 2 aromatic heterocycles. The quantitative estimate of drug-likeness (QED) is 0.382. The lowest BCUT2D eigenvalue weighted by molar-refractivity contribution is 0.0514. The fourth-order valence-corrected chi connectivity index (χ4v) is 6.45. The number of aromatic amines is 1. The highest BCUT2D eigenvalue weighted by molar-refractivity contribution is 6.01. The Morgan fingerprint density at radius 3 is 2.15 bits per heavy atom. The van der Waals surface area contributed by atoms with Gasteiger partial charge in [-0.05, 0) is 80.6 Å². The highest BCUT2D eigenvalue weighted by Gasteiger charge is 2.30. The van der Waals surface area contributed by atoms with Crippen molar-refractivity contribution in [3.8, 4) is 0 Å². The molecule has 6 rings (SSSR count). The number of hydrogen-bond acceptors (Lipinski definition) is 4. The highest BCUT2D eigenvalue weighted by Crippen LogP contribution is 2.34. The molecule has 2 fully saturated rings.